The Morgan fingerprint density at radius 2 is 2.00 bits per heavy atom. The van der Waals surface area contributed by atoms with E-state index in [2.05, 4.69) is 23.8 Å². The molecule has 0 spiro atoms. The Hall–Kier alpha value is -2.70. The molecule has 1 atom stereocenters. The summed E-state index contributed by atoms with van der Waals surface area (Å²) in [5.41, 5.74) is 6.70. The molecule has 0 bridgehead atoms. The number of hydrogen-bond donors (Lipinski definition) is 1. The molecule has 0 aliphatic carbocycles. The van der Waals surface area contributed by atoms with Crippen molar-refractivity contribution >= 4 is 17.7 Å². The van der Waals surface area contributed by atoms with Crippen molar-refractivity contribution in [1.29, 1.82) is 0 Å². The number of amides is 1. The van der Waals surface area contributed by atoms with Crippen LogP contribution in [0.3, 0.4) is 0 Å². The Labute approximate surface area is 152 Å². The van der Waals surface area contributed by atoms with Crippen molar-refractivity contribution in [3.8, 4) is 0 Å². The fourth-order valence-corrected chi connectivity index (χ4v) is 3.23. The molecule has 0 saturated carbocycles. The van der Waals surface area contributed by atoms with Gasteiger partial charge in [0.1, 0.15) is 11.6 Å². The molecule has 1 saturated heterocycles. The lowest BCUT2D eigenvalue weighted by Gasteiger charge is -2.34. The van der Waals surface area contributed by atoms with E-state index >= 15 is 0 Å². The summed E-state index contributed by atoms with van der Waals surface area (Å²) >= 11 is 0. The molecule has 0 radical (unpaired) electrons. The highest BCUT2D eigenvalue weighted by atomic mass is 19.1. The fraction of sp³-hybridized carbons (Fsp3) is 0.421. The Bertz CT molecular complexity index is 765. The molecular weight excluding hydrogens is 333 g/mol. The second-order valence-corrected chi connectivity index (χ2v) is 6.94. The molecule has 1 aromatic heterocycles. The summed E-state index contributed by atoms with van der Waals surface area (Å²) in [4.78, 5) is 25.3. The summed E-state index contributed by atoms with van der Waals surface area (Å²) in [5, 5.41) is 0. The average Bonchev–Trinajstić information content (AvgIpc) is 2.77. The molecule has 1 aliphatic rings. The van der Waals surface area contributed by atoms with Gasteiger partial charge in [0, 0.05) is 32.3 Å². The zero-order valence-corrected chi connectivity index (χ0v) is 15.1. The van der Waals surface area contributed by atoms with Crippen LogP contribution in [-0.2, 0) is 11.3 Å². The molecule has 2 aromatic rings. The third-order valence-corrected chi connectivity index (χ3v) is 4.71. The summed E-state index contributed by atoms with van der Waals surface area (Å²) in [7, 11) is 0. The maximum Gasteiger partial charge on any atom is 0.227 e. The van der Waals surface area contributed by atoms with Crippen LogP contribution in [0.1, 0.15) is 25.8 Å². The summed E-state index contributed by atoms with van der Waals surface area (Å²) in [6.45, 7) is 5.84. The monoisotopic (exact) mass is 357 g/mol. The van der Waals surface area contributed by atoms with E-state index in [-0.39, 0.29) is 23.7 Å². The summed E-state index contributed by atoms with van der Waals surface area (Å²) in [6.07, 6.45) is 2.01. The molecule has 1 fully saturated rings. The zero-order valence-electron chi connectivity index (χ0n) is 15.1. The van der Waals surface area contributed by atoms with Crippen LogP contribution < -0.4 is 10.6 Å². The predicted molar refractivity (Wildman–Crippen MR) is 98.9 cm³/mol. The minimum absolute atomic E-state index is 0.0000775. The summed E-state index contributed by atoms with van der Waals surface area (Å²) < 4.78 is 13.2. The summed E-state index contributed by atoms with van der Waals surface area (Å²) in [6, 6.07) is 7.95. The van der Waals surface area contributed by atoms with Gasteiger partial charge in [0.15, 0.2) is 0 Å². The first-order chi connectivity index (χ1) is 12.4. The lowest BCUT2D eigenvalue weighted by Crippen LogP contribution is -2.46. The molecule has 1 aliphatic heterocycles. The normalized spacial score (nSPS) is 18.3. The van der Waals surface area contributed by atoms with Gasteiger partial charge in [-0.2, -0.15) is 4.98 Å². The lowest BCUT2D eigenvalue weighted by molar-refractivity contribution is -0.134. The van der Waals surface area contributed by atoms with E-state index in [9.17, 15) is 9.18 Å². The number of aromatic nitrogens is 2. The third-order valence-electron chi connectivity index (χ3n) is 4.71. The van der Waals surface area contributed by atoms with Gasteiger partial charge in [0.2, 0.25) is 11.9 Å². The van der Waals surface area contributed by atoms with Crippen LogP contribution in [0.4, 0.5) is 16.2 Å². The number of nitrogens with zero attached hydrogens (tertiary/aromatic N) is 4. The number of carbonyl (C=O) groups excluding carboxylic acids is 1. The molecule has 3 rings (SSSR count). The largest absolute Gasteiger partial charge is 0.384 e. The molecular formula is C19H24FN5O. The molecule has 6 nitrogen and oxygen atoms in total. The number of benzene rings is 1. The van der Waals surface area contributed by atoms with Crippen molar-refractivity contribution in [3.63, 3.8) is 0 Å². The highest BCUT2D eigenvalue weighted by Gasteiger charge is 2.32. The Morgan fingerprint density at radius 1 is 1.27 bits per heavy atom. The van der Waals surface area contributed by atoms with Crippen LogP contribution in [0.15, 0.2) is 36.5 Å². The van der Waals surface area contributed by atoms with Crippen LogP contribution in [0.5, 0.6) is 0 Å². The van der Waals surface area contributed by atoms with Gasteiger partial charge in [-0.15, -0.1) is 0 Å². The Morgan fingerprint density at radius 3 is 2.65 bits per heavy atom. The Kier molecular flexibility index (Phi) is 5.35. The number of anilines is 2. The molecule has 2 N–H and O–H groups in total. The van der Waals surface area contributed by atoms with Crippen molar-refractivity contribution in [2.45, 2.75) is 32.9 Å². The molecule has 0 unspecified atom stereocenters. The van der Waals surface area contributed by atoms with Crippen LogP contribution in [0.2, 0.25) is 0 Å². The second-order valence-electron chi connectivity index (χ2n) is 6.94. The fourth-order valence-electron chi connectivity index (χ4n) is 3.23. The number of carbonyl (C=O) groups is 1. The van der Waals surface area contributed by atoms with Crippen LogP contribution in [-0.4, -0.2) is 39.9 Å². The smallest absolute Gasteiger partial charge is 0.227 e. The van der Waals surface area contributed by atoms with Gasteiger partial charge in [0.05, 0.1) is 6.04 Å². The van der Waals surface area contributed by atoms with Gasteiger partial charge in [-0.25, -0.2) is 9.37 Å². The van der Waals surface area contributed by atoms with Gasteiger partial charge < -0.3 is 15.5 Å². The number of nitrogens with two attached hydrogens (primary N) is 1. The van der Waals surface area contributed by atoms with Crippen molar-refractivity contribution in [2.24, 2.45) is 5.92 Å². The summed E-state index contributed by atoms with van der Waals surface area (Å²) in [5.74, 6) is 1.02. The molecule has 138 valence electrons. The van der Waals surface area contributed by atoms with Gasteiger partial charge in [-0.1, -0.05) is 26.0 Å². The molecule has 26 heavy (non-hydrogen) atoms. The van der Waals surface area contributed by atoms with E-state index in [0.29, 0.717) is 37.8 Å². The van der Waals surface area contributed by atoms with Crippen molar-refractivity contribution in [1.82, 2.24) is 14.9 Å². The number of hydrogen-bond acceptors (Lipinski definition) is 5. The van der Waals surface area contributed by atoms with Gasteiger partial charge in [0.25, 0.3) is 0 Å². The van der Waals surface area contributed by atoms with Crippen LogP contribution >= 0.6 is 0 Å². The minimum Gasteiger partial charge on any atom is -0.384 e. The molecule has 1 amide bonds. The van der Waals surface area contributed by atoms with E-state index in [0.717, 1.165) is 5.56 Å². The maximum absolute atomic E-state index is 13.2. The molecule has 7 heteroatoms. The quantitative estimate of drug-likeness (QED) is 0.910. The van der Waals surface area contributed by atoms with Gasteiger partial charge in [-0.05, 0) is 29.7 Å². The first kappa shape index (κ1) is 18.1. The van der Waals surface area contributed by atoms with E-state index in [1.54, 1.807) is 24.4 Å². The van der Waals surface area contributed by atoms with Crippen molar-refractivity contribution in [2.75, 3.05) is 23.7 Å². The van der Waals surface area contributed by atoms with E-state index < -0.39 is 0 Å². The minimum atomic E-state index is -0.277. The van der Waals surface area contributed by atoms with Gasteiger partial charge in [-0.3, -0.25) is 4.79 Å². The zero-order chi connectivity index (χ0) is 18.7. The topological polar surface area (TPSA) is 75.4 Å². The van der Waals surface area contributed by atoms with Gasteiger partial charge >= 0.3 is 0 Å². The lowest BCUT2D eigenvalue weighted by atomic mass is 10.0. The first-order valence-electron chi connectivity index (χ1n) is 8.81. The van der Waals surface area contributed by atoms with E-state index in [1.165, 1.54) is 12.1 Å². The van der Waals surface area contributed by atoms with Crippen LogP contribution in [0.25, 0.3) is 0 Å². The van der Waals surface area contributed by atoms with E-state index in [4.69, 9.17) is 5.73 Å². The number of halogens is 1. The molecule has 1 aromatic carbocycles. The standard InChI is InChI=1S/C19H24FN5O/c1-13(2)16-12-24(19-22-9-7-17(21)23-19)10-8-18(26)25(16)11-14-3-5-15(20)6-4-14/h3-7,9,13,16H,8,10-12H2,1-2H3,(H2,21,22,23)/t16-/m1/s1. The predicted octanol–water partition coefficient (Wildman–Crippen LogP) is 2.46. The average molecular weight is 357 g/mol. The number of nitrogen functional groups attached to an aromatic ring is 1. The van der Waals surface area contributed by atoms with Crippen molar-refractivity contribution in [3.05, 3.63) is 47.9 Å². The second kappa shape index (κ2) is 7.68. The van der Waals surface area contributed by atoms with Crippen LogP contribution in [0, 0.1) is 11.7 Å². The highest BCUT2D eigenvalue weighted by molar-refractivity contribution is 5.78. The van der Waals surface area contributed by atoms with Crippen molar-refractivity contribution < 1.29 is 9.18 Å². The van der Waals surface area contributed by atoms with E-state index in [1.807, 2.05) is 9.80 Å². The number of rotatable bonds is 4. The first-order valence-corrected chi connectivity index (χ1v) is 8.81. The third kappa shape index (κ3) is 4.09. The highest BCUT2D eigenvalue weighted by Crippen LogP contribution is 2.23. The SMILES string of the molecule is CC(C)[C@H]1CN(c2nccc(N)n2)CCC(=O)N1Cc1ccc(F)cc1. The molecule has 2 heterocycles. The maximum atomic E-state index is 13.2. The Balaban J connectivity index is 1.85.